The molecule has 0 atom stereocenters. The van der Waals surface area contributed by atoms with E-state index in [-0.39, 0.29) is 23.8 Å². The zero-order valence-corrected chi connectivity index (χ0v) is 10.1. The first-order valence-electron chi connectivity index (χ1n) is 6.03. The van der Waals surface area contributed by atoms with E-state index in [1.165, 1.54) is 0 Å². The molecule has 0 aromatic carbocycles. The van der Waals surface area contributed by atoms with Crippen molar-refractivity contribution in [1.29, 1.82) is 0 Å². The summed E-state index contributed by atoms with van der Waals surface area (Å²) >= 11 is 0. The first kappa shape index (κ1) is 13.0. The van der Waals surface area contributed by atoms with Crippen molar-refractivity contribution in [2.24, 2.45) is 11.3 Å². The second-order valence-electron chi connectivity index (χ2n) is 4.75. The van der Waals surface area contributed by atoms with E-state index < -0.39 is 5.82 Å². The van der Waals surface area contributed by atoms with Crippen molar-refractivity contribution >= 4 is 11.8 Å². The van der Waals surface area contributed by atoms with E-state index in [2.05, 4.69) is 20.7 Å². The number of aliphatic hydroxyl groups is 1. The van der Waals surface area contributed by atoms with Gasteiger partial charge in [-0.3, -0.25) is 5.43 Å². The van der Waals surface area contributed by atoms with Crippen molar-refractivity contribution in [1.82, 2.24) is 9.97 Å². The van der Waals surface area contributed by atoms with Crippen LogP contribution in [0.5, 0.6) is 0 Å². The van der Waals surface area contributed by atoms with Crippen LogP contribution in [0, 0.1) is 11.2 Å². The standard InChI is InChI=1S/C11H18FN5O/c12-8-5-14-10(17-13)16-9(8)15-6-11(7-18)3-1-2-4-11/h5,18H,1-4,6-7,13H2,(H2,14,15,16,17). The molecule has 0 radical (unpaired) electrons. The molecule has 1 heterocycles. The average Bonchev–Trinajstić information content (AvgIpc) is 2.87. The molecule has 1 aliphatic rings. The topological polar surface area (TPSA) is 96.1 Å². The number of hydrogen-bond acceptors (Lipinski definition) is 6. The van der Waals surface area contributed by atoms with Gasteiger partial charge in [-0.05, 0) is 12.8 Å². The van der Waals surface area contributed by atoms with E-state index in [0.29, 0.717) is 6.54 Å². The molecule has 2 rings (SSSR count). The van der Waals surface area contributed by atoms with Gasteiger partial charge in [-0.2, -0.15) is 4.98 Å². The highest BCUT2D eigenvalue weighted by atomic mass is 19.1. The van der Waals surface area contributed by atoms with Crippen LogP contribution in [-0.2, 0) is 0 Å². The molecule has 0 spiro atoms. The number of anilines is 2. The van der Waals surface area contributed by atoms with Gasteiger partial charge >= 0.3 is 0 Å². The Labute approximate surface area is 105 Å². The van der Waals surface area contributed by atoms with Crippen LogP contribution in [0.15, 0.2) is 6.20 Å². The van der Waals surface area contributed by atoms with Gasteiger partial charge in [0.25, 0.3) is 0 Å². The fraction of sp³-hybridized carbons (Fsp3) is 0.636. The largest absolute Gasteiger partial charge is 0.396 e. The van der Waals surface area contributed by atoms with Gasteiger partial charge in [0.2, 0.25) is 5.95 Å². The van der Waals surface area contributed by atoms with E-state index in [1.54, 1.807) is 0 Å². The number of hydrazine groups is 1. The lowest BCUT2D eigenvalue weighted by Gasteiger charge is -2.26. The Kier molecular flexibility index (Phi) is 3.93. The highest BCUT2D eigenvalue weighted by Crippen LogP contribution is 2.37. The van der Waals surface area contributed by atoms with Crippen molar-refractivity contribution in [2.75, 3.05) is 23.9 Å². The van der Waals surface area contributed by atoms with Gasteiger partial charge in [-0.15, -0.1) is 0 Å². The second-order valence-corrected chi connectivity index (χ2v) is 4.75. The third kappa shape index (κ3) is 2.68. The smallest absolute Gasteiger partial charge is 0.239 e. The molecule has 0 saturated heterocycles. The van der Waals surface area contributed by atoms with E-state index in [0.717, 1.165) is 31.9 Å². The van der Waals surface area contributed by atoms with Crippen LogP contribution in [0.3, 0.4) is 0 Å². The first-order chi connectivity index (χ1) is 8.69. The fourth-order valence-corrected chi connectivity index (χ4v) is 2.35. The Bertz CT molecular complexity index is 408. The predicted molar refractivity (Wildman–Crippen MR) is 66.3 cm³/mol. The maximum absolute atomic E-state index is 13.5. The molecule has 18 heavy (non-hydrogen) atoms. The summed E-state index contributed by atoms with van der Waals surface area (Å²) in [6.45, 7) is 0.607. The maximum Gasteiger partial charge on any atom is 0.239 e. The molecule has 0 bridgehead atoms. The number of nitrogen functional groups attached to an aromatic ring is 1. The molecule has 0 aliphatic heterocycles. The SMILES string of the molecule is NNc1ncc(F)c(NCC2(CO)CCCC2)n1. The van der Waals surface area contributed by atoms with Crippen molar-refractivity contribution in [3.8, 4) is 0 Å². The van der Waals surface area contributed by atoms with Gasteiger partial charge in [0.15, 0.2) is 11.6 Å². The predicted octanol–water partition coefficient (Wildman–Crippen LogP) is 0.866. The number of nitrogens with zero attached hydrogens (tertiary/aromatic N) is 2. The highest BCUT2D eigenvalue weighted by Gasteiger charge is 2.33. The van der Waals surface area contributed by atoms with Gasteiger partial charge in [0.1, 0.15) is 0 Å². The molecule has 6 nitrogen and oxygen atoms in total. The molecule has 1 saturated carbocycles. The van der Waals surface area contributed by atoms with E-state index in [1.807, 2.05) is 0 Å². The van der Waals surface area contributed by atoms with E-state index in [4.69, 9.17) is 5.84 Å². The zero-order chi connectivity index (χ0) is 13.0. The molecule has 0 amide bonds. The van der Waals surface area contributed by atoms with Crippen molar-refractivity contribution in [3.63, 3.8) is 0 Å². The van der Waals surface area contributed by atoms with Crippen molar-refractivity contribution < 1.29 is 9.50 Å². The number of hydrogen-bond donors (Lipinski definition) is 4. The third-order valence-electron chi connectivity index (χ3n) is 3.50. The van der Waals surface area contributed by atoms with Crippen molar-refractivity contribution in [2.45, 2.75) is 25.7 Å². The number of rotatable bonds is 5. The second kappa shape index (κ2) is 5.45. The summed E-state index contributed by atoms with van der Waals surface area (Å²) in [5.41, 5.74) is 2.11. The molecule has 1 fully saturated rings. The summed E-state index contributed by atoms with van der Waals surface area (Å²) in [6, 6.07) is 0. The minimum atomic E-state index is -0.528. The van der Waals surface area contributed by atoms with Crippen LogP contribution in [0.1, 0.15) is 25.7 Å². The summed E-state index contributed by atoms with van der Waals surface area (Å²) in [5, 5.41) is 12.4. The van der Waals surface area contributed by atoms with Gasteiger partial charge < -0.3 is 10.4 Å². The summed E-state index contributed by atoms with van der Waals surface area (Å²) < 4.78 is 13.5. The maximum atomic E-state index is 13.5. The van der Waals surface area contributed by atoms with E-state index >= 15 is 0 Å². The Morgan fingerprint density at radius 2 is 2.17 bits per heavy atom. The fourth-order valence-electron chi connectivity index (χ4n) is 2.35. The summed E-state index contributed by atoms with van der Waals surface area (Å²) in [5.74, 6) is 4.91. The lowest BCUT2D eigenvalue weighted by atomic mass is 9.87. The quantitative estimate of drug-likeness (QED) is 0.460. The molecule has 100 valence electrons. The lowest BCUT2D eigenvalue weighted by molar-refractivity contribution is 0.142. The Hall–Kier alpha value is -1.47. The molecule has 0 unspecified atom stereocenters. The van der Waals surface area contributed by atoms with Crippen LogP contribution in [-0.4, -0.2) is 28.2 Å². The summed E-state index contributed by atoms with van der Waals surface area (Å²) in [6.07, 6.45) is 5.16. The first-order valence-corrected chi connectivity index (χ1v) is 6.03. The van der Waals surface area contributed by atoms with Gasteiger partial charge in [0, 0.05) is 12.0 Å². The van der Waals surface area contributed by atoms with E-state index in [9.17, 15) is 9.50 Å². The van der Waals surface area contributed by atoms with Crippen molar-refractivity contribution in [3.05, 3.63) is 12.0 Å². The molecule has 1 aromatic heterocycles. The summed E-state index contributed by atoms with van der Waals surface area (Å²) in [7, 11) is 0. The Morgan fingerprint density at radius 1 is 1.44 bits per heavy atom. The molecule has 1 aliphatic carbocycles. The van der Waals surface area contributed by atoms with Gasteiger partial charge in [0.05, 0.1) is 12.8 Å². The molecular formula is C11H18FN5O. The minimum Gasteiger partial charge on any atom is -0.396 e. The number of nitrogens with two attached hydrogens (primary N) is 1. The number of halogens is 1. The molecule has 7 heteroatoms. The summed E-state index contributed by atoms with van der Waals surface area (Å²) in [4.78, 5) is 7.57. The normalized spacial score (nSPS) is 17.7. The van der Waals surface area contributed by atoms with Crippen LogP contribution in [0.4, 0.5) is 16.2 Å². The van der Waals surface area contributed by atoms with Crippen LogP contribution in [0.2, 0.25) is 0 Å². The average molecular weight is 255 g/mol. The number of aliphatic hydroxyl groups excluding tert-OH is 1. The third-order valence-corrected chi connectivity index (χ3v) is 3.50. The molecular weight excluding hydrogens is 237 g/mol. The van der Waals surface area contributed by atoms with Crippen LogP contribution < -0.4 is 16.6 Å². The monoisotopic (exact) mass is 255 g/mol. The lowest BCUT2D eigenvalue weighted by Crippen LogP contribution is -2.31. The number of nitrogens with one attached hydrogen (secondary N) is 2. The molecule has 1 aromatic rings. The molecule has 5 N–H and O–H groups in total. The minimum absolute atomic E-state index is 0.106. The highest BCUT2D eigenvalue weighted by molar-refractivity contribution is 5.40. The zero-order valence-electron chi connectivity index (χ0n) is 10.1. The van der Waals surface area contributed by atoms with Crippen LogP contribution >= 0.6 is 0 Å². The van der Waals surface area contributed by atoms with Gasteiger partial charge in [-0.25, -0.2) is 15.2 Å². The Balaban J connectivity index is 2.05. The number of aromatic nitrogens is 2. The Morgan fingerprint density at radius 3 is 2.78 bits per heavy atom. The van der Waals surface area contributed by atoms with Gasteiger partial charge in [-0.1, -0.05) is 12.8 Å². The van der Waals surface area contributed by atoms with Crippen LogP contribution in [0.25, 0.3) is 0 Å².